The molecular formula is C16H15NO5. The first-order valence-corrected chi connectivity index (χ1v) is 7.34. The molecule has 1 aromatic carbocycles. The van der Waals surface area contributed by atoms with Crippen molar-refractivity contribution in [2.75, 3.05) is 0 Å². The fourth-order valence-electron chi connectivity index (χ4n) is 4.34. The molecule has 3 aliphatic rings. The van der Waals surface area contributed by atoms with Crippen LogP contribution >= 0.6 is 0 Å². The van der Waals surface area contributed by atoms with Gasteiger partial charge in [0.2, 0.25) is 6.04 Å². The number of benzene rings is 1. The quantitative estimate of drug-likeness (QED) is 0.625. The van der Waals surface area contributed by atoms with Crippen LogP contribution in [0, 0.1) is 16.0 Å². The number of aliphatic hydroxyl groups excluding tert-OH is 1. The van der Waals surface area contributed by atoms with Gasteiger partial charge in [-0.05, 0) is 17.7 Å². The first-order valence-electron chi connectivity index (χ1n) is 7.34. The second kappa shape index (κ2) is 4.39. The molecule has 1 aliphatic heterocycles. The molecule has 4 rings (SSSR count). The maximum absolute atomic E-state index is 11.8. The standard InChI is InChI=1S/C16H15NO5/c18-10-4-5-16-8-14(19)22-13-3-1-2-9(15(13)16)6-12(17(20)21)11(16)7-10/h1-5,11-12,14,19H,6-8H2. The Morgan fingerprint density at radius 3 is 2.95 bits per heavy atom. The summed E-state index contributed by atoms with van der Waals surface area (Å²) < 4.78 is 5.51. The third-order valence-corrected chi connectivity index (χ3v) is 5.17. The van der Waals surface area contributed by atoms with E-state index in [2.05, 4.69) is 0 Å². The zero-order valence-electron chi connectivity index (χ0n) is 11.8. The van der Waals surface area contributed by atoms with Gasteiger partial charge in [-0.15, -0.1) is 0 Å². The minimum absolute atomic E-state index is 0.0932. The molecule has 2 aliphatic carbocycles. The fraction of sp³-hybridized carbons (Fsp3) is 0.438. The minimum Gasteiger partial charge on any atom is -0.465 e. The predicted molar refractivity (Wildman–Crippen MR) is 76.1 cm³/mol. The number of aliphatic hydroxyl groups is 1. The first kappa shape index (κ1) is 13.5. The summed E-state index contributed by atoms with van der Waals surface area (Å²) in [7, 11) is 0. The lowest BCUT2D eigenvalue weighted by Crippen LogP contribution is -2.54. The molecule has 0 amide bonds. The van der Waals surface area contributed by atoms with Gasteiger partial charge >= 0.3 is 0 Å². The SMILES string of the molecule is O=C1C=CC23CC(O)Oc4cccc(c42)CC([N+](=O)[O-])C3C1. The minimum atomic E-state index is -1.02. The normalized spacial score (nSPS) is 35.3. The van der Waals surface area contributed by atoms with Crippen LogP contribution in [0.15, 0.2) is 30.4 Å². The highest BCUT2D eigenvalue weighted by atomic mass is 16.6. The molecule has 114 valence electrons. The van der Waals surface area contributed by atoms with Crippen molar-refractivity contribution in [3.8, 4) is 5.75 Å². The van der Waals surface area contributed by atoms with Crippen molar-refractivity contribution in [1.29, 1.82) is 0 Å². The number of ether oxygens (including phenoxy) is 1. The molecule has 4 atom stereocenters. The lowest BCUT2D eigenvalue weighted by molar-refractivity contribution is -0.535. The lowest BCUT2D eigenvalue weighted by atomic mass is 9.55. The maximum Gasteiger partial charge on any atom is 0.221 e. The van der Waals surface area contributed by atoms with Crippen LogP contribution in [0.5, 0.6) is 5.75 Å². The second-order valence-corrected chi connectivity index (χ2v) is 6.27. The number of nitro groups is 1. The largest absolute Gasteiger partial charge is 0.465 e. The highest BCUT2D eigenvalue weighted by Gasteiger charge is 2.57. The van der Waals surface area contributed by atoms with Crippen LogP contribution in [0.4, 0.5) is 0 Å². The number of rotatable bonds is 1. The second-order valence-electron chi connectivity index (χ2n) is 6.27. The van der Waals surface area contributed by atoms with Gasteiger partial charge in [0.1, 0.15) is 5.75 Å². The Bertz CT molecular complexity index is 712. The molecular weight excluding hydrogens is 286 g/mol. The van der Waals surface area contributed by atoms with Crippen LogP contribution in [-0.4, -0.2) is 28.1 Å². The zero-order chi connectivity index (χ0) is 15.5. The highest BCUT2D eigenvalue weighted by Crippen LogP contribution is 2.55. The monoisotopic (exact) mass is 301 g/mol. The summed E-state index contributed by atoms with van der Waals surface area (Å²) >= 11 is 0. The number of nitrogens with zero attached hydrogens (tertiary/aromatic N) is 1. The van der Waals surface area contributed by atoms with Crippen LogP contribution in [0.3, 0.4) is 0 Å². The van der Waals surface area contributed by atoms with Gasteiger partial charge in [-0.2, -0.15) is 0 Å². The Kier molecular flexibility index (Phi) is 2.69. The van der Waals surface area contributed by atoms with Crippen molar-refractivity contribution in [3.05, 3.63) is 51.6 Å². The molecule has 1 aromatic rings. The van der Waals surface area contributed by atoms with Crippen LogP contribution in [0.1, 0.15) is 24.0 Å². The van der Waals surface area contributed by atoms with Gasteiger partial charge in [0.05, 0.1) is 0 Å². The molecule has 0 saturated heterocycles. The van der Waals surface area contributed by atoms with Crippen molar-refractivity contribution in [2.45, 2.75) is 37.0 Å². The summed E-state index contributed by atoms with van der Waals surface area (Å²) in [5, 5.41) is 21.6. The van der Waals surface area contributed by atoms with Gasteiger partial charge in [0.15, 0.2) is 12.1 Å². The molecule has 0 bridgehead atoms. The third-order valence-electron chi connectivity index (χ3n) is 5.17. The molecule has 0 aromatic heterocycles. The number of carbonyl (C=O) groups is 1. The van der Waals surface area contributed by atoms with E-state index in [0.717, 1.165) is 11.1 Å². The zero-order valence-corrected chi connectivity index (χ0v) is 11.8. The van der Waals surface area contributed by atoms with Crippen LogP contribution in [-0.2, 0) is 16.6 Å². The number of carbonyl (C=O) groups excluding carboxylic acids is 1. The Labute approximate surface area is 126 Å². The van der Waals surface area contributed by atoms with Gasteiger partial charge in [-0.1, -0.05) is 18.2 Å². The highest BCUT2D eigenvalue weighted by molar-refractivity contribution is 5.91. The van der Waals surface area contributed by atoms with E-state index in [0.29, 0.717) is 12.2 Å². The van der Waals surface area contributed by atoms with Crippen molar-refractivity contribution < 1.29 is 19.6 Å². The number of allylic oxidation sites excluding steroid dienone is 2. The molecule has 1 spiro atoms. The summed E-state index contributed by atoms with van der Waals surface area (Å²) in [6.07, 6.45) is 2.92. The van der Waals surface area contributed by atoms with E-state index in [1.165, 1.54) is 6.08 Å². The Morgan fingerprint density at radius 2 is 2.18 bits per heavy atom. The summed E-state index contributed by atoms with van der Waals surface area (Å²) in [5.41, 5.74) is 1.10. The number of ketones is 1. The van der Waals surface area contributed by atoms with Crippen molar-refractivity contribution in [3.63, 3.8) is 0 Å². The molecule has 6 heteroatoms. The predicted octanol–water partition coefficient (Wildman–Crippen LogP) is 1.37. The van der Waals surface area contributed by atoms with E-state index in [1.807, 2.05) is 6.07 Å². The van der Waals surface area contributed by atoms with E-state index < -0.39 is 23.7 Å². The van der Waals surface area contributed by atoms with Gasteiger partial charge in [0, 0.05) is 41.1 Å². The fourth-order valence-corrected chi connectivity index (χ4v) is 4.34. The summed E-state index contributed by atoms with van der Waals surface area (Å²) in [6.45, 7) is 0. The average Bonchev–Trinajstić information content (AvgIpc) is 2.47. The molecule has 0 saturated carbocycles. The topological polar surface area (TPSA) is 89.7 Å². The summed E-state index contributed by atoms with van der Waals surface area (Å²) in [6, 6.07) is 4.62. The van der Waals surface area contributed by atoms with E-state index in [1.54, 1.807) is 18.2 Å². The van der Waals surface area contributed by atoms with Crippen molar-refractivity contribution in [2.24, 2.45) is 5.92 Å². The lowest BCUT2D eigenvalue weighted by Gasteiger charge is -2.49. The summed E-state index contributed by atoms with van der Waals surface area (Å²) in [4.78, 5) is 23.1. The Hall–Kier alpha value is -2.21. The molecule has 1 N–H and O–H groups in total. The van der Waals surface area contributed by atoms with Gasteiger partial charge < -0.3 is 9.84 Å². The molecule has 22 heavy (non-hydrogen) atoms. The van der Waals surface area contributed by atoms with Crippen molar-refractivity contribution in [1.82, 2.24) is 0 Å². The molecule has 0 radical (unpaired) electrons. The Morgan fingerprint density at radius 1 is 1.36 bits per heavy atom. The van der Waals surface area contributed by atoms with E-state index in [9.17, 15) is 20.0 Å². The molecule has 1 heterocycles. The maximum atomic E-state index is 11.8. The Balaban J connectivity index is 2.00. The van der Waals surface area contributed by atoms with Crippen LogP contribution < -0.4 is 4.74 Å². The van der Waals surface area contributed by atoms with Gasteiger partial charge in [0.25, 0.3) is 0 Å². The van der Waals surface area contributed by atoms with Gasteiger partial charge in [-0.3, -0.25) is 14.9 Å². The average molecular weight is 301 g/mol. The van der Waals surface area contributed by atoms with Gasteiger partial charge in [-0.25, -0.2) is 0 Å². The summed E-state index contributed by atoms with van der Waals surface area (Å²) in [5.74, 6) is 0.0404. The number of hydrogen-bond donors (Lipinski definition) is 1. The van der Waals surface area contributed by atoms with E-state index in [-0.39, 0.29) is 23.5 Å². The first-order chi connectivity index (χ1) is 10.5. The van der Waals surface area contributed by atoms with Crippen LogP contribution in [0.25, 0.3) is 0 Å². The van der Waals surface area contributed by atoms with E-state index >= 15 is 0 Å². The van der Waals surface area contributed by atoms with Crippen molar-refractivity contribution >= 4 is 5.78 Å². The van der Waals surface area contributed by atoms with E-state index in [4.69, 9.17) is 4.74 Å². The molecule has 6 nitrogen and oxygen atoms in total. The number of hydrogen-bond acceptors (Lipinski definition) is 5. The molecule has 0 fully saturated rings. The van der Waals surface area contributed by atoms with Crippen LogP contribution in [0.2, 0.25) is 0 Å². The third kappa shape index (κ3) is 1.67. The molecule has 4 unspecified atom stereocenters. The smallest absolute Gasteiger partial charge is 0.221 e.